The molecule has 0 spiro atoms. The Balaban J connectivity index is 1.95. The molecule has 0 aliphatic rings. The molecule has 0 heterocycles. The van der Waals surface area contributed by atoms with Crippen molar-refractivity contribution in [3.8, 4) is 5.75 Å². The summed E-state index contributed by atoms with van der Waals surface area (Å²) in [5, 5.41) is 13.3. The number of nitrogens with one attached hydrogen (secondary N) is 1. The minimum Gasteiger partial charge on any atom is -0.495 e. The lowest BCUT2D eigenvalue weighted by Crippen LogP contribution is -2.21. The zero-order chi connectivity index (χ0) is 19.3. The summed E-state index contributed by atoms with van der Waals surface area (Å²) in [4.78, 5) is 33.8. The number of anilines is 1. The van der Waals surface area contributed by atoms with Crippen molar-refractivity contribution in [3.05, 3.63) is 62.1 Å². The molecule has 0 aromatic heterocycles. The molecule has 8 nitrogen and oxygen atoms in total. The summed E-state index contributed by atoms with van der Waals surface area (Å²) in [6, 6.07) is 7.91. The Morgan fingerprint density at radius 2 is 1.88 bits per heavy atom. The molecule has 0 atom stereocenters. The number of methoxy groups -OCH3 is 1. The summed E-state index contributed by atoms with van der Waals surface area (Å²) >= 11 is 11.8. The quantitative estimate of drug-likeness (QED) is 0.451. The zero-order valence-corrected chi connectivity index (χ0v) is 14.8. The van der Waals surface area contributed by atoms with E-state index in [2.05, 4.69) is 5.32 Å². The summed E-state index contributed by atoms with van der Waals surface area (Å²) < 4.78 is 9.85. The number of hydrogen-bond acceptors (Lipinski definition) is 6. The number of esters is 1. The van der Waals surface area contributed by atoms with Crippen molar-refractivity contribution in [3.63, 3.8) is 0 Å². The standard InChI is InChI=1S/C16H12Cl2N2O6/c1-25-14-5-2-9(6-13(14)18)19-15(21)8-26-16(22)11-4-3-10(20(23)24)7-12(11)17/h2-7H,8H2,1H3,(H,19,21). The molecule has 0 saturated heterocycles. The second kappa shape index (κ2) is 8.50. The molecule has 1 amide bonds. The first-order valence-electron chi connectivity index (χ1n) is 7.06. The van der Waals surface area contributed by atoms with Gasteiger partial charge in [-0.3, -0.25) is 14.9 Å². The number of hydrogen-bond donors (Lipinski definition) is 1. The number of benzene rings is 2. The third kappa shape index (κ3) is 4.84. The second-order valence-corrected chi connectivity index (χ2v) is 5.71. The first kappa shape index (κ1) is 19.5. The van der Waals surface area contributed by atoms with E-state index in [0.717, 1.165) is 18.2 Å². The highest BCUT2D eigenvalue weighted by molar-refractivity contribution is 6.34. The predicted molar refractivity (Wildman–Crippen MR) is 95.0 cm³/mol. The molecule has 0 aliphatic heterocycles. The number of nitrogens with zero attached hydrogens (tertiary/aromatic N) is 1. The average molecular weight is 399 g/mol. The van der Waals surface area contributed by atoms with E-state index < -0.39 is 23.4 Å². The van der Waals surface area contributed by atoms with Crippen molar-refractivity contribution in [1.29, 1.82) is 0 Å². The van der Waals surface area contributed by atoms with Crippen LogP contribution in [0.2, 0.25) is 10.0 Å². The fourth-order valence-corrected chi connectivity index (χ4v) is 2.44. The van der Waals surface area contributed by atoms with Crippen LogP contribution in [0, 0.1) is 10.1 Å². The van der Waals surface area contributed by atoms with Gasteiger partial charge in [-0.05, 0) is 24.3 Å². The van der Waals surface area contributed by atoms with Crippen LogP contribution in [0.4, 0.5) is 11.4 Å². The largest absolute Gasteiger partial charge is 0.495 e. The molecule has 0 saturated carbocycles. The van der Waals surface area contributed by atoms with Gasteiger partial charge in [0.15, 0.2) is 6.61 Å². The number of carbonyl (C=O) groups is 2. The summed E-state index contributed by atoms with van der Waals surface area (Å²) in [5.74, 6) is -1.03. The number of halogens is 2. The van der Waals surface area contributed by atoms with Gasteiger partial charge in [-0.15, -0.1) is 0 Å². The van der Waals surface area contributed by atoms with Gasteiger partial charge in [0, 0.05) is 17.8 Å². The van der Waals surface area contributed by atoms with Gasteiger partial charge in [0.1, 0.15) is 5.75 Å². The maximum absolute atomic E-state index is 11.9. The number of nitro benzene ring substituents is 1. The third-order valence-corrected chi connectivity index (χ3v) is 3.76. The lowest BCUT2D eigenvalue weighted by molar-refractivity contribution is -0.384. The Hall–Kier alpha value is -2.84. The average Bonchev–Trinajstić information content (AvgIpc) is 2.59. The van der Waals surface area contributed by atoms with Crippen LogP contribution in [0.25, 0.3) is 0 Å². The van der Waals surface area contributed by atoms with E-state index >= 15 is 0 Å². The van der Waals surface area contributed by atoms with Gasteiger partial charge in [-0.2, -0.15) is 0 Å². The lowest BCUT2D eigenvalue weighted by atomic mass is 10.2. The van der Waals surface area contributed by atoms with Crippen LogP contribution in [0.15, 0.2) is 36.4 Å². The highest BCUT2D eigenvalue weighted by Crippen LogP contribution is 2.27. The van der Waals surface area contributed by atoms with Crippen LogP contribution in [-0.2, 0) is 9.53 Å². The van der Waals surface area contributed by atoms with Gasteiger partial charge in [0.2, 0.25) is 0 Å². The molecule has 1 N–H and O–H groups in total. The van der Waals surface area contributed by atoms with Crippen LogP contribution in [0.5, 0.6) is 5.75 Å². The van der Waals surface area contributed by atoms with Gasteiger partial charge in [0.25, 0.3) is 11.6 Å². The first-order valence-corrected chi connectivity index (χ1v) is 7.82. The Morgan fingerprint density at radius 1 is 1.15 bits per heavy atom. The third-order valence-electron chi connectivity index (χ3n) is 3.15. The number of amides is 1. The molecular formula is C16H12Cl2N2O6. The smallest absolute Gasteiger partial charge is 0.340 e. The van der Waals surface area contributed by atoms with E-state index in [1.807, 2.05) is 0 Å². The number of ether oxygens (including phenoxy) is 2. The molecule has 0 aliphatic carbocycles. The van der Waals surface area contributed by atoms with E-state index in [1.54, 1.807) is 12.1 Å². The molecule has 0 unspecified atom stereocenters. The summed E-state index contributed by atoms with van der Waals surface area (Å²) in [5.41, 5.74) is 0.0449. The second-order valence-electron chi connectivity index (χ2n) is 4.89. The van der Waals surface area contributed by atoms with Crippen molar-refractivity contribution >= 4 is 46.5 Å². The Bertz CT molecular complexity index is 872. The number of carbonyl (C=O) groups excluding carboxylic acids is 2. The lowest BCUT2D eigenvalue weighted by Gasteiger charge is -2.09. The monoisotopic (exact) mass is 398 g/mol. The Labute approximate surface area is 157 Å². The van der Waals surface area contributed by atoms with E-state index in [9.17, 15) is 19.7 Å². The van der Waals surface area contributed by atoms with Crippen LogP contribution >= 0.6 is 23.2 Å². The fourth-order valence-electron chi connectivity index (χ4n) is 1.93. The van der Waals surface area contributed by atoms with Crippen molar-refractivity contribution < 1.29 is 24.0 Å². The molecule has 26 heavy (non-hydrogen) atoms. The molecule has 136 valence electrons. The van der Waals surface area contributed by atoms with Crippen LogP contribution in [0.1, 0.15) is 10.4 Å². The molecule has 2 aromatic carbocycles. The van der Waals surface area contributed by atoms with Crippen molar-refractivity contribution in [2.45, 2.75) is 0 Å². The first-order chi connectivity index (χ1) is 12.3. The molecule has 0 radical (unpaired) electrons. The Morgan fingerprint density at radius 3 is 2.46 bits per heavy atom. The zero-order valence-electron chi connectivity index (χ0n) is 13.3. The normalized spacial score (nSPS) is 10.1. The summed E-state index contributed by atoms with van der Waals surface area (Å²) in [6.07, 6.45) is 0. The number of nitro groups is 1. The molecule has 0 fully saturated rings. The molecule has 0 bridgehead atoms. The van der Waals surface area contributed by atoms with Crippen molar-refractivity contribution in [2.24, 2.45) is 0 Å². The Kier molecular flexibility index (Phi) is 6.37. The van der Waals surface area contributed by atoms with Crippen LogP contribution in [-0.4, -0.2) is 30.5 Å². The van der Waals surface area contributed by atoms with Gasteiger partial charge < -0.3 is 14.8 Å². The van der Waals surface area contributed by atoms with Gasteiger partial charge >= 0.3 is 5.97 Å². The molecule has 10 heteroatoms. The van der Waals surface area contributed by atoms with Crippen molar-refractivity contribution in [2.75, 3.05) is 19.0 Å². The van der Waals surface area contributed by atoms with Gasteiger partial charge in [-0.25, -0.2) is 4.79 Å². The maximum Gasteiger partial charge on any atom is 0.340 e. The molecule has 2 rings (SSSR count). The summed E-state index contributed by atoms with van der Waals surface area (Å²) in [6.45, 7) is -0.574. The fraction of sp³-hybridized carbons (Fsp3) is 0.125. The highest BCUT2D eigenvalue weighted by atomic mass is 35.5. The van der Waals surface area contributed by atoms with Crippen LogP contribution < -0.4 is 10.1 Å². The van der Waals surface area contributed by atoms with Gasteiger partial charge in [0.05, 0.1) is 27.6 Å². The van der Waals surface area contributed by atoms with Crippen molar-refractivity contribution in [1.82, 2.24) is 0 Å². The number of rotatable bonds is 6. The maximum atomic E-state index is 11.9. The van der Waals surface area contributed by atoms with Gasteiger partial charge in [-0.1, -0.05) is 23.2 Å². The summed E-state index contributed by atoms with van der Waals surface area (Å²) in [7, 11) is 1.46. The molecule has 2 aromatic rings. The van der Waals surface area contributed by atoms with Crippen LogP contribution in [0.3, 0.4) is 0 Å². The molecular weight excluding hydrogens is 387 g/mol. The van der Waals surface area contributed by atoms with E-state index in [0.29, 0.717) is 16.5 Å². The topological polar surface area (TPSA) is 108 Å². The minimum atomic E-state index is -0.882. The minimum absolute atomic E-state index is 0.0856. The van der Waals surface area contributed by atoms with E-state index in [-0.39, 0.29) is 16.3 Å². The highest BCUT2D eigenvalue weighted by Gasteiger charge is 2.17. The SMILES string of the molecule is COc1ccc(NC(=O)COC(=O)c2ccc([N+](=O)[O-])cc2Cl)cc1Cl. The van der Waals surface area contributed by atoms with E-state index in [1.165, 1.54) is 13.2 Å². The number of non-ortho nitro benzene ring substituents is 1. The van der Waals surface area contributed by atoms with E-state index in [4.69, 9.17) is 32.7 Å². The predicted octanol–water partition coefficient (Wildman–Crippen LogP) is 3.71.